The maximum Gasteiger partial charge on any atom is 0.371 e. The van der Waals surface area contributed by atoms with Crippen LogP contribution in [0.3, 0.4) is 0 Å². The van der Waals surface area contributed by atoms with Crippen LogP contribution in [0.25, 0.3) is 0 Å². The molecule has 0 amide bonds. The largest absolute Gasteiger partial charge is 0.477 e. The Morgan fingerprint density at radius 3 is 2.64 bits per heavy atom. The molecule has 0 aliphatic carbocycles. The second-order valence-electron chi connectivity index (χ2n) is 1.76. The summed E-state index contributed by atoms with van der Waals surface area (Å²) in [6.45, 7) is 0. The minimum absolute atomic E-state index is 0.297. The van der Waals surface area contributed by atoms with Crippen molar-refractivity contribution in [3.05, 3.63) is 0 Å². The van der Waals surface area contributed by atoms with Gasteiger partial charge in [0, 0.05) is 0 Å². The summed E-state index contributed by atoms with van der Waals surface area (Å²) in [7, 11) is 0. The Hall–Kier alpha value is -1.97. The molecule has 11 heavy (non-hydrogen) atoms. The molecule has 1 unspecified atom stereocenters. The zero-order valence-electron chi connectivity index (χ0n) is 5.22. The van der Waals surface area contributed by atoms with E-state index in [-0.39, 0.29) is 5.96 Å². The molecule has 0 aromatic carbocycles. The Balaban J connectivity index is 3.11. The third-order valence-electron chi connectivity index (χ3n) is 1.03. The van der Waals surface area contributed by atoms with Crippen LogP contribution >= 0.6 is 0 Å². The molecule has 0 spiro atoms. The molecule has 0 saturated heterocycles. The fourth-order valence-electron chi connectivity index (χ4n) is 0.520. The number of carboxylic acid groups (broad SMARTS) is 1. The SMILES string of the molecule is N#CC1(C(=O)O)N=NC(N)=N1. The Morgan fingerprint density at radius 2 is 2.45 bits per heavy atom. The van der Waals surface area contributed by atoms with Crippen LogP contribution in [-0.2, 0) is 4.79 Å². The van der Waals surface area contributed by atoms with E-state index >= 15 is 0 Å². The molecule has 1 heterocycles. The number of rotatable bonds is 1. The molecular weight excluding hydrogens is 150 g/mol. The van der Waals surface area contributed by atoms with Gasteiger partial charge < -0.3 is 10.8 Å². The molecule has 1 aliphatic heterocycles. The Bertz CT molecular complexity index is 300. The van der Waals surface area contributed by atoms with E-state index < -0.39 is 11.6 Å². The number of nitrogens with zero attached hydrogens (tertiary/aromatic N) is 4. The Labute approximate surface area is 60.9 Å². The molecule has 0 saturated carbocycles. The Morgan fingerprint density at radius 1 is 1.82 bits per heavy atom. The third-order valence-corrected chi connectivity index (χ3v) is 1.03. The lowest BCUT2D eigenvalue weighted by atomic mass is 10.2. The standard InChI is InChI=1S/C4H3N5O2/c5-1-4(2(10)11)7-3(6)8-9-4/h(H2,6,7)(H,10,11). The molecule has 1 aliphatic rings. The van der Waals surface area contributed by atoms with E-state index in [1.165, 1.54) is 6.07 Å². The highest BCUT2D eigenvalue weighted by molar-refractivity contribution is 5.90. The zero-order chi connectivity index (χ0) is 8.48. The molecule has 7 heteroatoms. The van der Waals surface area contributed by atoms with Gasteiger partial charge in [-0.2, -0.15) is 10.3 Å². The fourth-order valence-corrected chi connectivity index (χ4v) is 0.520. The van der Waals surface area contributed by atoms with E-state index in [0.29, 0.717) is 0 Å². The fraction of sp³-hybridized carbons (Fsp3) is 0.250. The average Bonchev–Trinajstić information content (AvgIpc) is 2.33. The van der Waals surface area contributed by atoms with Gasteiger partial charge in [-0.1, -0.05) is 0 Å². The first-order chi connectivity index (χ1) is 5.10. The summed E-state index contributed by atoms with van der Waals surface area (Å²) in [6, 6.07) is 1.38. The number of guanidine groups is 1. The number of nitriles is 1. The smallest absolute Gasteiger partial charge is 0.371 e. The van der Waals surface area contributed by atoms with Crippen molar-refractivity contribution in [3.63, 3.8) is 0 Å². The third kappa shape index (κ3) is 0.898. The van der Waals surface area contributed by atoms with E-state index in [9.17, 15) is 4.79 Å². The molecule has 0 radical (unpaired) electrons. The number of aliphatic imine (C=N–C) groups is 1. The van der Waals surface area contributed by atoms with Gasteiger partial charge in [-0.05, 0) is 0 Å². The number of nitrogens with two attached hydrogens (primary N) is 1. The second-order valence-corrected chi connectivity index (χ2v) is 1.76. The van der Waals surface area contributed by atoms with Crippen molar-refractivity contribution in [1.82, 2.24) is 0 Å². The van der Waals surface area contributed by atoms with E-state index in [1.807, 2.05) is 0 Å². The first-order valence-corrected chi connectivity index (χ1v) is 2.53. The molecule has 3 N–H and O–H groups in total. The molecule has 0 fully saturated rings. The normalized spacial score (nSPS) is 27.7. The zero-order valence-corrected chi connectivity index (χ0v) is 5.22. The monoisotopic (exact) mass is 153 g/mol. The minimum atomic E-state index is -2.15. The van der Waals surface area contributed by atoms with Gasteiger partial charge in [0.05, 0.1) is 0 Å². The molecule has 0 aromatic rings. The summed E-state index contributed by atoms with van der Waals surface area (Å²) < 4.78 is 0. The lowest BCUT2D eigenvalue weighted by Crippen LogP contribution is -2.31. The molecular formula is C4H3N5O2. The van der Waals surface area contributed by atoms with E-state index in [2.05, 4.69) is 15.2 Å². The van der Waals surface area contributed by atoms with Crippen molar-refractivity contribution in [2.24, 2.45) is 21.0 Å². The van der Waals surface area contributed by atoms with Crippen molar-refractivity contribution in [2.45, 2.75) is 5.66 Å². The maximum absolute atomic E-state index is 10.4. The number of azo groups is 1. The Kier molecular flexibility index (Phi) is 1.31. The number of carboxylic acids is 1. The summed E-state index contributed by atoms with van der Waals surface area (Å²) in [5.74, 6) is -1.78. The van der Waals surface area contributed by atoms with Crippen LogP contribution in [0.1, 0.15) is 0 Å². The van der Waals surface area contributed by atoms with Crippen molar-refractivity contribution in [2.75, 3.05) is 0 Å². The van der Waals surface area contributed by atoms with E-state index in [4.69, 9.17) is 16.1 Å². The molecule has 0 aromatic heterocycles. The molecule has 7 nitrogen and oxygen atoms in total. The van der Waals surface area contributed by atoms with Gasteiger partial charge in [-0.15, -0.1) is 10.2 Å². The van der Waals surface area contributed by atoms with Crippen molar-refractivity contribution < 1.29 is 9.90 Å². The number of carbonyl (C=O) groups is 1. The first-order valence-electron chi connectivity index (χ1n) is 2.53. The lowest BCUT2D eigenvalue weighted by Gasteiger charge is -2.02. The topological polar surface area (TPSA) is 124 Å². The van der Waals surface area contributed by atoms with Crippen LogP contribution in [0.2, 0.25) is 0 Å². The molecule has 56 valence electrons. The molecule has 1 atom stereocenters. The van der Waals surface area contributed by atoms with Crippen LogP contribution in [0.4, 0.5) is 0 Å². The number of aliphatic carboxylic acids is 1. The number of hydrogen-bond donors (Lipinski definition) is 2. The minimum Gasteiger partial charge on any atom is -0.477 e. The highest BCUT2D eigenvalue weighted by Crippen LogP contribution is 2.17. The van der Waals surface area contributed by atoms with Gasteiger partial charge in [0.1, 0.15) is 6.07 Å². The van der Waals surface area contributed by atoms with Crippen molar-refractivity contribution in [3.8, 4) is 6.07 Å². The first kappa shape index (κ1) is 7.14. The van der Waals surface area contributed by atoms with Crippen molar-refractivity contribution >= 4 is 11.9 Å². The molecule has 1 rings (SSSR count). The molecule has 0 bridgehead atoms. The predicted molar refractivity (Wildman–Crippen MR) is 32.5 cm³/mol. The summed E-state index contributed by atoms with van der Waals surface area (Å²) in [4.78, 5) is 13.6. The summed E-state index contributed by atoms with van der Waals surface area (Å²) in [5.41, 5.74) is 2.85. The van der Waals surface area contributed by atoms with E-state index in [0.717, 1.165) is 0 Å². The van der Waals surface area contributed by atoms with Crippen molar-refractivity contribution in [1.29, 1.82) is 5.26 Å². The van der Waals surface area contributed by atoms with Gasteiger partial charge in [-0.25, -0.2) is 4.79 Å². The highest BCUT2D eigenvalue weighted by Gasteiger charge is 2.42. The second kappa shape index (κ2) is 2.02. The van der Waals surface area contributed by atoms with Gasteiger partial charge in [0.2, 0.25) is 5.96 Å². The average molecular weight is 153 g/mol. The van der Waals surface area contributed by atoms with Crippen LogP contribution < -0.4 is 5.73 Å². The summed E-state index contributed by atoms with van der Waals surface area (Å²) >= 11 is 0. The van der Waals surface area contributed by atoms with Crippen LogP contribution in [-0.4, -0.2) is 22.7 Å². The maximum atomic E-state index is 10.4. The van der Waals surface area contributed by atoms with Crippen LogP contribution in [0.5, 0.6) is 0 Å². The van der Waals surface area contributed by atoms with Crippen LogP contribution in [0, 0.1) is 11.3 Å². The predicted octanol–water partition coefficient (Wildman–Crippen LogP) is -0.929. The van der Waals surface area contributed by atoms with Gasteiger partial charge in [0.15, 0.2) is 0 Å². The lowest BCUT2D eigenvalue weighted by molar-refractivity contribution is -0.140. The van der Waals surface area contributed by atoms with Crippen LogP contribution in [0.15, 0.2) is 15.2 Å². The highest BCUT2D eigenvalue weighted by atomic mass is 16.4. The number of hydrogen-bond acceptors (Lipinski definition) is 6. The van der Waals surface area contributed by atoms with Gasteiger partial charge in [-0.3, -0.25) is 0 Å². The summed E-state index contributed by atoms with van der Waals surface area (Å²) in [6.07, 6.45) is 0. The van der Waals surface area contributed by atoms with Gasteiger partial charge in [0.25, 0.3) is 0 Å². The summed E-state index contributed by atoms with van der Waals surface area (Å²) in [5, 5.41) is 23.0. The van der Waals surface area contributed by atoms with E-state index in [1.54, 1.807) is 0 Å². The quantitative estimate of drug-likeness (QED) is 0.504. The van der Waals surface area contributed by atoms with Gasteiger partial charge >= 0.3 is 11.6 Å².